The number of carbonyl (C=O) groups is 3. The van der Waals surface area contributed by atoms with Crippen molar-refractivity contribution in [1.82, 2.24) is 8.61 Å². The van der Waals surface area contributed by atoms with Crippen LogP contribution in [0.5, 0.6) is 0 Å². The van der Waals surface area contributed by atoms with Gasteiger partial charge in [-0.25, -0.2) is 8.42 Å². The summed E-state index contributed by atoms with van der Waals surface area (Å²) in [7, 11) is -5.04. The first kappa shape index (κ1) is 98.1. The maximum atomic E-state index is 13.8. The maximum absolute atomic E-state index is 13.8. The third kappa shape index (κ3) is 31.4. The molecule has 3 aromatic carbocycles. The molecule has 0 bridgehead atoms. The molecule has 0 radical (unpaired) electrons. The summed E-state index contributed by atoms with van der Waals surface area (Å²) in [5.41, 5.74) is 10.7. The molecule has 9 rings (SSSR count). The van der Waals surface area contributed by atoms with Gasteiger partial charge in [-0.3, -0.25) is 14.4 Å². The monoisotopic (exact) mass is 1690 g/mol. The Labute approximate surface area is 699 Å². The molecule has 106 heavy (non-hydrogen) atoms. The van der Waals surface area contributed by atoms with E-state index in [1.165, 1.54) is 12.8 Å². The molecule has 0 saturated carbocycles. The van der Waals surface area contributed by atoms with Gasteiger partial charge in [0.15, 0.2) is 0 Å². The molecular formula is C80H129IKN3O17S2Si2. The van der Waals surface area contributed by atoms with E-state index < -0.39 is 64.2 Å². The number of halogens is 1. The summed E-state index contributed by atoms with van der Waals surface area (Å²) in [5, 5.41) is 7.57. The zero-order valence-electron chi connectivity index (χ0n) is 66.8. The number of esters is 3. The number of aliphatic hydroxyl groups is 1. The van der Waals surface area contributed by atoms with Crippen LogP contribution in [0.15, 0.2) is 111 Å². The predicted octanol–water partition coefficient (Wildman–Crippen LogP) is 10.7. The van der Waals surface area contributed by atoms with Crippen LogP contribution in [0.3, 0.4) is 0 Å². The van der Waals surface area contributed by atoms with Gasteiger partial charge in [-0.15, -0.1) is 0 Å². The van der Waals surface area contributed by atoms with Crippen molar-refractivity contribution in [2.45, 2.75) is 187 Å². The summed E-state index contributed by atoms with van der Waals surface area (Å²) in [6.45, 7) is 48.6. The van der Waals surface area contributed by atoms with Gasteiger partial charge in [0.05, 0.1) is 72.9 Å². The fraction of sp³-hybridized carbons (Fsp3) is 0.650. The number of nitrogens with zero attached hydrogens (tertiary/aromatic N) is 2. The molecule has 3 aromatic rings. The standard InChI is InChI=1S/C29H47NO6SSi.C24H39NO5SSi.C19H25NO4.C5H9IO.C2H6O.CH3.K/c1-8-15-36-27(31)26(24-13-16-33-17-14-24)23-9-11-25(12-10-23)29(20-35-21-29)30(37(32)28(2,3)4)22-34-18-19-38(5,6)7;1-8-13-30-22(26)16-20-9-11-21(12-10-20)24(17-29-18-24)25(31(27)23(2,3)4)19-28-14-15-32(5,6)7;1-2-9-24-18(21)17(15-7-10-22-11-8-15)14-3-5-16(6-4-14)19(20)12-23-13-19;6-5-1-3-7-4-2-5;1-2-3;;/h8-12,24,26H,1,13-22H2,2-7H3;8-12H,1,13-19H2,2-7H3;2-6,15,17H,1,7-13,20H2;5H,1-4H2;3H,2H2,1H3;1H3;/q;;;;;-1;+1. The Balaban J connectivity index is 0.000000389. The molecule has 4 atom stereocenters. The number of hydrogen-bond acceptors (Lipinski definition) is 18. The summed E-state index contributed by atoms with van der Waals surface area (Å²) < 4.78 is 92.0. The van der Waals surface area contributed by atoms with Crippen molar-refractivity contribution in [3.8, 4) is 0 Å². The molecule has 0 amide bonds. The van der Waals surface area contributed by atoms with Crippen LogP contribution in [0, 0.1) is 19.3 Å². The van der Waals surface area contributed by atoms with Crippen LogP contribution < -0.4 is 57.1 Å². The smallest absolute Gasteiger partial charge is 0.461 e. The first-order chi connectivity index (χ1) is 49.2. The van der Waals surface area contributed by atoms with Gasteiger partial charge in [0.1, 0.15) is 66.3 Å². The van der Waals surface area contributed by atoms with Crippen molar-refractivity contribution in [1.29, 1.82) is 0 Å². The second-order valence-corrected chi connectivity index (χ2v) is 49.1. The fourth-order valence-electron chi connectivity index (χ4n) is 12.1. The molecule has 26 heteroatoms. The quantitative estimate of drug-likeness (QED) is 0.00700. The normalized spacial score (nSPS) is 19.0. The van der Waals surface area contributed by atoms with Gasteiger partial charge in [-0.1, -0.05) is 173 Å². The Hall–Kier alpha value is -2.09. The van der Waals surface area contributed by atoms with Crippen molar-refractivity contribution >= 4 is 78.6 Å². The number of carbonyl (C=O) groups excluding carboxylic acids is 3. The third-order valence-electron chi connectivity index (χ3n) is 18.6. The fourth-order valence-corrected chi connectivity index (χ4v) is 16.9. The predicted molar refractivity (Wildman–Crippen MR) is 435 cm³/mol. The Morgan fingerprint density at radius 3 is 1.17 bits per heavy atom. The number of benzene rings is 3. The van der Waals surface area contributed by atoms with Crippen LogP contribution in [-0.4, -0.2) is 202 Å². The Morgan fingerprint density at radius 1 is 0.566 bits per heavy atom. The minimum Gasteiger partial charge on any atom is -0.461 e. The molecule has 3 N–H and O–H groups in total. The Bertz CT molecular complexity index is 3120. The summed E-state index contributed by atoms with van der Waals surface area (Å²) in [4.78, 5) is 37.6. The first-order valence-electron chi connectivity index (χ1n) is 36.9. The molecule has 6 fully saturated rings. The molecule has 6 aliphatic heterocycles. The molecule has 594 valence electrons. The summed E-state index contributed by atoms with van der Waals surface area (Å²) >= 11 is 2.48. The van der Waals surface area contributed by atoms with Crippen molar-refractivity contribution in [2.75, 3.05) is 132 Å². The molecule has 20 nitrogen and oxygen atoms in total. The van der Waals surface area contributed by atoms with Crippen molar-refractivity contribution < 1.29 is 131 Å². The molecule has 4 unspecified atom stereocenters. The van der Waals surface area contributed by atoms with E-state index in [0.29, 0.717) is 79.3 Å². The van der Waals surface area contributed by atoms with Gasteiger partial charge in [-0.2, -0.15) is 8.61 Å². The van der Waals surface area contributed by atoms with E-state index in [9.17, 15) is 22.8 Å². The average Bonchev–Trinajstić information content (AvgIpc) is 0.772. The SMILES string of the molecule is C=CCOC(=O)C(c1ccc(C2(N(COCC[Si](C)(C)C)S(=O)C(C)(C)C)COC2)cc1)C1CCOCC1.C=CCOC(=O)C(c1ccc(C2(N)COC2)cc1)C1CCOCC1.C=CCOC(=O)Cc1ccc(C2(N(COCC[Si](C)(C)C)S(=O)C(C)(C)C)COC2)cc1.CCO.IC1CCOCC1.[CH3-].[K+]. The number of hydrogen-bond donors (Lipinski definition) is 2. The van der Waals surface area contributed by atoms with E-state index in [1.54, 1.807) is 25.2 Å². The van der Waals surface area contributed by atoms with E-state index in [4.69, 9.17) is 62.9 Å². The Kier molecular flexibility index (Phi) is 44.6. The largest absolute Gasteiger partial charge is 1.00 e. The summed E-state index contributed by atoms with van der Waals surface area (Å²) in [6.07, 6.45) is 10.8. The molecular weight excluding hydrogens is 1560 g/mol. The molecule has 6 saturated heterocycles. The average molecular weight is 1690 g/mol. The van der Waals surface area contributed by atoms with Gasteiger partial charge in [-0.05, 0) is 144 Å². The van der Waals surface area contributed by atoms with Gasteiger partial charge in [0.2, 0.25) is 0 Å². The van der Waals surface area contributed by atoms with Crippen LogP contribution in [0.2, 0.25) is 51.4 Å². The molecule has 0 aliphatic carbocycles. The molecule has 6 heterocycles. The number of rotatable bonds is 31. The summed E-state index contributed by atoms with van der Waals surface area (Å²) in [6, 6.07) is 26.1. The van der Waals surface area contributed by atoms with Crippen LogP contribution in [0.4, 0.5) is 0 Å². The molecule has 0 spiro atoms. The zero-order valence-corrected chi connectivity index (χ0v) is 75.7. The Morgan fingerprint density at radius 2 is 0.887 bits per heavy atom. The van der Waals surface area contributed by atoms with Crippen LogP contribution in [0.25, 0.3) is 0 Å². The van der Waals surface area contributed by atoms with Crippen molar-refractivity contribution in [2.24, 2.45) is 17.6 Å². The third-order valence-corrected chi connectivity index (χ3v) is 27.0. The number of aliphatic hydroxyl groups excluding tert-OH is 1. The molecule has 0 aromatic heterocycles. The van der Waals surface area contributed by atoms with E-state index in [-0.39, 0.29) is 147 Å². The maximum Gasteiger partial charge on any atom is 1.00 e. The van der Waals surface area contributed by atoms with E-state index in [2.05, 4.69) is 93.7 Å². The first-order valence-corrected chi connectivity index (χ1v) is 47.8. The van der Waals surface area contributed by atoms with Crippen LogP contribution in [-0.2, 0) is 111 Å². The van der Waals surface area contributed by atoms with Gasteiger partial charge in [0, 0.05) is 79.5 Å². The molecule has 6 aliphatic rings. The second-order valence-electron chi connectivity index (χ2n) is 31.8. The van der Waals surface area contributed by atoms with E-state index >= 15 is 0 Å². The van der Waals surface area contributed by atoms with Crippen LogP contribution in [0.1, 0.15) is 132 Å². The van der Waals surface area contributed by atoms with Crippen molar-refractivity contribution in [3.63, 3.8) is 0 Å². The van der Waals surface area contributed by atoms with E-state index in [0.717, 1.165) is 88.3 Å². The van der Waals surface area contributed by atoms with Crippen LogP contribution >= 0.6 is 22.6 Å². The topological polar surface area (TPSA) is 240 Å². The second kappa shape index (κ2) is 48.2. The summed E-state index contributed by atoms with van der Waals surface area (Å²) in [5.74, 6) is -0.925. The van der Waals surface area contributed by atoms with Gasteiger partial charge in [0.25, 0.3) is 0 Å². The number of nitrogens with two attached hydrogens (primary N) is 1. The number of alkyl halides is 1. The van der Waals surface area contributed by atoms with Crippen molar-refractivity contribution in [3.05, 3.63) is 152 Å². The number of ether oxygens (including phenoxy) is 11. The van der Waals surface area contributed by atoms with Gasteiger partial charge >= 0.3 is 69.3 Å². The minimum absolute atomic E-state index is 0. The minimum atomic E-state index is -1.31. The van der Waals surface area contributed by atoms with Gasteiger partial charge < -0.3 is 70.4 Å². The van der Waals surface area contributed by atoms with E-state index in [1.807, 2.05) is 111 Å². The zero-order chi connectivity index (χ0) is 76.8.